The first-order valence-electron chi connectivity index (χ1n) is 22.7. The molecule has 1 amide bonds. The van der Waals surface area contributed by atoms with Gasteiger partial charge in [-0.15, -0.1) is 0 Å². The van der Waals surface area contributed by atoms with Crippen molar-refractivity contribution in [2.45, 2.75) is 236 Å². The Bertz CT molecular complexity index is 956. The zero-order valence-electron chi connectivity index (χ0n) is 35.2. The Morgan fingerprint density at radius 2 is 1.07 bits per heavy atom. The minimum atomic E-state index is -1.57. The Morgan fingerprint density at radius 3 is 1.60 bits per heavy atom. The smallest absolute Gasteiger partial charge is 0.220 e. The molecule has 0 radical (unpaired) electrons. The minimum absolute atomic E-state index is 0.183. The summed E-state index contributed by atoms with van der Waals surface area (Å²) in [6, 6.07) is -0.805. The molecule has 55 heavy (non-hydrogen) atoms. The highest BCUT2D eigenvalue weighted by Gasteiger charge is 2.44. The number of nitrogens with one attached hydrogen (secondary N) is 1. The van der Waals surface area contributed by atoms with Crippen LogP contribution in [0.5, 0.6) is 0 Å². The first-order chi connectivity index (χ1) is 26.8. The van der Waals surface area contributed by atoms with Crippen molar-refractivity contribution in [3.05, 3.63) is 36.5 Å². The molecule has 1 aliphatic heterocycles. The second kappa shape index (κ2) is 36.7. The molecule has 9 nitrogen and oxygen atoms in total. The summed E-state index contributed by atoms with van der Waals surface area (Å²) in [7, 11) is 0. The second-order valence-electron chi connectivity index (χ2n) is 15.8. The van der Waals surface area contributed by atoms with E-state index in [0.29, 0.717) is 6.42 Å². The monoisotopic (exact) mass is 780 g/mol. The Kier molecular flexibility index (Phi) is 34.3. The van der Waals surface area contributed by atoms with Gasteiger partial charge >= 0.3 is 0 Å². The van der Waals surface area contributed by atoms with Crippen LogP contribution in [0.4, 0.5) is 0 Å². The fourth-order valence-electron chi connectivity index (χ4n) is 7.01. The SMILES string of the molecule is CCCCC/C=C\C/C=C\CCCCCCCCCCCC(=O)NC(COC1OC(CO)C(O)C(O)C1O)C(O)/C=C/CCCCCCCCCCCCC. The average molecular weight is 780 g/mol. The number of hydrogen-bond donors (Lipinski definition) is 6. The fourth-order valence-corrected chi connectivity index (χ4v) is 7.01. The summed E-state index contributed by atoms with van der Waals surface area (Å²) in [4.78, 5) is 12.9. The lowest BCUT2D eigenvalue weighted by Crippen LogP contribution is -2.60. The lowest BCUT2D eigenvalue weighted by molar-refractivity contribution is -0.302. The van der Waals surface area contributed by atoms with Gasteiger partial charge in [-0.2, -0.15) is 0 Å². The minimum Gasteiger partial charge on any atom is -0.394 e. The molecule has 1 aliphatic rings. The molecule has 7 atom stereocenters. The molecule has 322 valence electrons. The van der Waals surface area contributed by atoms with Crippen LogP contribution < -0.4 is 5.32 Å². The van der Waals surface area contributed by atoms with E-state index in [-0.39, 0.29) is 12.5 Å². The molecule has 1 rings (SSSR count). The molecule has 7 unspecified atom stereocenters. The van der Waals surface area contributed by atoms with E-state index in [4.69, 9.17) is 9.47 Å². The predicted octanol–water partition coefficient (Wildman–Crippen LogP) is 9.28. The standard InChI is InChI=1S/C46H85NO8/c1-3-5-7-9-11-13-15-17-18-19-20-21-22-24-26-28-30-32-34-36-42(50)47-39(38-54-46-45(53)44(52)43(51)41(37-48)55-46)40(49)35-33-31-29-27-25-23-16-14-12-10-8-6-4-2/h11,13,17-18,33,35,39-41,43-46,48-49,51-53H,3-10,12,14-16,19-32,34,36-38H2,1-2H3,(H,47,50)/b13-11-,18-17-,35-33+. The summed E-state index contributed by atoms with van der Waals surface area (Å²) in [5.41, 5.74) is 0. The van der Waals surface area contributed by atoms with Crippen LogP contribution >= 0.6 is 0 Å². The summed E-state index contributed by atoms with van der Waals surface area (Å²) < 4.78 is 11.2. The third-order valence-corrected chi connectivity index (χ3v) is 10.7. The number of aliphatic hydroxyl groups is 5. The van der Waals surface area contributed by atoms with E-state index in [1.807, 2.05) is 6.08 Å². The number of unbranched alkanes of at least 4 members (excludes halogenated alkanes) is 23. The molecule has 9 heteroatoms. The Labute approximate surface area is 336 Å². The number of carbonyl (C=O) groups is 1. The second-order valence-corrected chi connectivity index (χ2v) is 15.8. The van der Waals surface area contributed by atoms with Crippen LogP contribution in [-0.4, -0.2) is 87.5 Å². The average Bonchev–Trinajstić information content (AvgIpc) is 3.18. The van der Waals surface area contributed by atoms with Gasteiger partial charge in [-0.25, -0.2) is 0 Å². The lowest BCUT2D eigenvalue weighted by atomic mass is 9.99. The van der Waals surface area contributed by atoms with Crippen molar-refractivity contribution in [3.63, 3.8) is 0 Å². The van der Waals surface area contributed by atoms with Crippen molar-refractivity contribution >= 4 is 5.91 Å². The topological polar surface area (TPSA) is 149 Å². The molecule has 1 heterocycles. The number of ether oxygens (including phenoxy) is 2. The Hall–Kier alpha value is -1.59. The zero-order valence-corrected chi connectivity index (χ0v) is 35.2. The van der Waals surface area contributed by atoms with Gasteiger partial charge in [0, 0.05) is 6.42 Å². The molecule has 6 N–H and O–H groups in total. The first-order valence-corrected chi connectivity index (χ1v) is 22.7. The molecule has 0 aromatic carbocycles. The molecule has 0 aromatic heterocycles. The van der Waals surface area contributed by atoms with Gasteiger partial charge in [0.15, 0.2) is 6.29 Å². The highest BCUT2D eigenvalue weighted by Crippen LogP contribution is 2.22. The number of allylic oxidation sites excluding steroid dienone is 5. The van der Waals surface area contributed by atoms with Crippen LogP contribution in [0.3, 0.4) is 0 Å². The van der Waals surface area contributed by atoms with E-state index in [9.17, 15) is 30.3 Å². The van der Waals surface area contributed by atoms with E-state index in [1.54, 1.807) is 6.08 Å². The highest BCUT2D eigenvalue weighted by atomic mass is 16.7. The number of carbonyl (C=O) groups excluding carboxylic acids is 1. The van der Waals surface area contributed by atoms with E-state index >= 15 is 0 Å². The number of rotatable bonds is 37. The normalized spacial score (nSPS) is 21.6. The fraction of sp³-hybridized carbons (Fsp3) is 0.848. The Morgan fingerprint density at radius 1 is 0.618 bits per heavy atom. The van der Waals surface area contributed by atoms with Gasteiger partial charge < -0.3 is 40.3 Å². The maximum absolute atomic E-state index is 12.9. The van der Waals surface area contributed by atoms with Gasteiger partial charge in [-0.3, -0.25) is 4.79 Å². The molecule has 0 spiro atoms. The number of amides is 1. The summed E-state index contributed by atoms with van der Waals surface area (Å²) >= 11 is 0. The maximum atomic E-state index is 12.9. The van der Waals surface area contributed by atoms with Crippen molar-refractivity contribution in [1.82, 2.24) is 5.32 Å². The summed E-state index contributed by atoms with van der Waals surface area (Å²) in [6.07, 6.45) is 37.5. The van der Waals surface area contributed by atoms with Crippen molar-refractivity contribution in [2.24, 2.45) is 0 Å². The maximum Gasteiger partial charge on any atom is 0.220 e. The van der Waals surface area contributed by atoms with Crippen LogP contribution in [0.1, 0.15) is 194 Å². The van der Waals surface area contributed by atoms with Gasteiger partial charge in [0.2, 0.25) is 5.91 Å². The van der Waals surface area contributed by atoms with E-state index < -0.39 is 49.5 Å². The third-order valence-electron chi connectivity index (χ3n) is 10.7. The summed E-state index contributed by atoms with van der Waals surface area (Å²) in [6.45, 7) is 3.73. The van der Waals surface area contributed by atoms with E-state index in [2.05, 4.69) is 43.5 Å². The van der Waals surface area contributed by atoms with Crippen LogP contribution in [0, 0.1) is 0 Å². The Balaban J connectivity index is 2.35. The summed E-state index contributed by atoms with van der Waals surface area (Å²) in [5, 5.41) is 54.1. The molecule has 0 aromatic rings. The molecule has 0 aliphatic carbocycles. The van der Waals surface area contributed by atoms with Crippen molar-refractivity contribution in [2.75, 3.05) is 13.2 Å². The van der Waals surface area contributed by atoms with Crippen molar-refractivity contribution in [1.29, 1.82) is 0 Å². The van der Waals surface area contributed by atoms with Crippen molar-refractivity contribution < 1.29 is 39.8 Å². The number of aliphatic hydroxyl groups excluding tert-OH is 5. The molecular formula is C46H85NO8. The van der Waals surface area contributed by atoms with Gasteiger partial charge in [0.1, 0.15) is 24.4 Å². The van der Waals surface area contributed by atoms with Gasteiger partial charge in [-0.05, 0) is 51.4 Å². The summed E-state index contributed by atoms with van der Waals surface area (Å²) in [5.74, 6) is -0.183. The lowest BCUT2D eigenvalue weighted by Gasteiger charge is -2.40. The van der Waals surface area contributed by atoms with E-state index in [1.165, 1.54) is 128 Å². The molecular weight excluding hydrogens is 695 g/mol. The number of hydrogen-bond acceptors (Lipinski definition) is 8. The van der Waals surface area contributed by atoms with Gasteiger partial charge in [0.25, 0.3) is 0 Å². The predicted molar refractivity (Wildman–Crippen MR) is 226 cm³/mol. The molecule has 1 saturated heterocycles. The van der Waals surface area contributed by atoms with Crippen molar-refractivity contribution in [3.8, 4) is 0 Å². The molecule has 0 saturated carbocycles. The zero-order chi connectivity index (χ0) is 40.2. The largest absolute Gasteiger partial charge is 0.394 e. The van der Waals surface area contributed by atoms with Crippen LogP contribution in [-0.2, 0) is 14.3 Å². The van der Waals surface area contributed by atoms with E-state index in [0.717, 1.165) is 44.9 Å². The highest BCUT2D eigenvalue weighted by molar-refractivity contribution is 5.76. The molecule has 1 fully saturated rings. The molecule has 0 bridgehead atoms. The van der Waals surface area contributed by atoms with Gasteiger partial charge in [-0.1, -0.05) is 172 Å². The van der Waals surface area contributed by atoms with Gasteiger partial charge in [0.05, 0.1) is 25.4 Å². The third kappa shape index (κ3) is 27.6. The first kappa shape index (κ1) is 51.4. The van der Waals surface area contributed by atoms with Crippen LogP contribution in [0.2, 0.25) is 0 Å². The quantitative estimate of drug-likeness (QED) is 0.0270. The van der Waals surface area contributed by atoms with Crippen LogP contribution in [0.25, 0.3) is 0 Å². The van der Waals surface area contributed by atoms with Crippen LogP contribution in [0.15, 0.2) is 36.5 Å².